The fourth-order valence-electron chi connectivity index (χ4n) is 2.62. The van der Waals surface area contributed by atoms with E-state index in [1.807, 2.05) is 52.1 Å². The Bertz CT molecular complexity index is 810. The lowest BCUT2D eigenvalue weighted by Gasteiger charge is -2.23. The Morgan fingerprint density at radius 2 is 1.88 bits per heavy atom. The molecule has 1 atom stereocenters. The largest absolute Gasteiger partial charge is 0.497 e. The number of benzene rings is 1. The first kappa shape index (κ1) is 19.6. The van der Waals surface area contributed by atoms with Crippen LogP contribution in [0.3, 0.4) is 0 Å². The topological polar surface area (TPSA) is 69.6 Å². The summed E-state index contributed by atoms with van der Waals surface area (Å²) in [4.78, 5) is 24.3. The van der Waals surface area contributed by atoms with Crippen molar-refractivity contribution in [2.24, 2.45) is 13.0 Å². The summed E-state index contributed by atoms with van der Waals surface area (Å²) in [5.74, 6) is 0.849. The SMILES string of the molecule is COc1ccc([C@H](NC(=O)COc2cn(C)c(C)cc2=O)C(C)C)cc1. The van der Waals surface area contributed by atoms with E-state index in [1.165, 1.54) is 6.07 Å². The van der Waals surface area contributed by atoms with Crippen molar-refractivity contribution in [3.63, 3.8) is 0 Å². The molecule has 0 saturated carbocycles. The normalized spacial score (nSPS) is 11.9. The first-order valence-corrected chi connectivity index (χ1v) is 8.55. The van der Waals surface area contributed by atoms with Crippen LogP contribution in [-0.2, 0) is 11.8 Å². The Morgan fingerprint density at radius 1 is 1.23 bits per heavy atom. The highest BCUT2D eigenvalue weighted by molar-refractivity contribution is 5.78. The average Bonchev–Trinajstić information content (AvgIpc) is 2.61. The lowest BCUT2D eigenvalue weighted by Crippen LogP contribution is -2.35. The van der Waals surface area contributed by atoms with Crippen LogP contribution < -0.4 is 20.2 Å². The van der Waals surface area contributed by atoms with E-state index in [1.54, 1.807) is 17.9 Å². The third kappa shape index (κ3) is 4.88. The van der Waals surface area contributed by atoms with Crippen LogP contribution in [0.15, 0.2) is 41.3 Å². The van der Waals surface area contributed by atoms with Crippen molar-refractivity contribution >= 4 is 5.91 Å². The highest BCUT2D eigenvalue weighted by Gasteiger charge is 2.19. The zero-order chi connectivity index (χ0) is 19.3. The standard InChI is InChI=1S/C20H26N2O4/c1-13(2)20(15-6-8-16(25-5)9-7-15)21-19(24)12-26-18-11-22(4)14(3)10-17(18)23/h6-11,13,20H,12H2,1-5H3,(H,21,24)/t20-/m1/s1. The number of amides is 1. The van der Waals surface area contributed by atoms with E-state index in [0.29, 0.717) is 0 Å². The van der Waals surface area contributed by atoms with Crippen molar-refractivity contribution in [3.8, 4) is 11.5 Å². The summed E-state index contributed by atoms with van der Waals surface area (Å²) >= 11 is 0. The van der Waals surface area contributed by atoms with Crippen LogP contribution in [-0.4, -0.2) is 24.2 Å². The number of nitrogens with zero attached hydrogens (tertiary/aromatic N) is 1. The molecule has 2 aromatic rings. The molecule has 6 nitrogen and oxygen atoms in total. The van der Waals surface area contributed by atoms with Crippen molar-refractivity contribution in [2.45, 2.75) is 26.8 Å². The Hall–Kier alpha value is -2.76. The number of hydrogen-bond acceptors (Lipinski definition) is 4. The lowest BCUT2D eigenvalue weighted by atomic mass is 9.96. The van der Waals surface area contributed by atoms with Gasteiger partial charge in [-0.3, -0.25) is 9.59 Å². The molecule has 1 amide bonds. The van der Waals surface area contributed by atoms with Gasteiger partial charge in [0.25, 0.3) is 5.91 Å². The monoisotopic (exact) mass is 358 g/mol. The molecule has 1 aromatic heterocycles. The summed E-state index contributed by atoms with van der Waals surface area (Å²) in [6.45, 7) is 5.69. The number of carbonyl (C=O) groups excluding carboxylic acids is 1. The van der Waals surface area contributed by atoms with Gasteiger partial charge in [0.2, 0.25) is 5.43 Å². The van der Waals surface area contributed by atoms with Gasteiger partial charge in [-0.25, -0.2) is 0 Å². The molecule has 0 saturated heterocycles. The van der Waals surface area contributed by atoms with Crippen molar-refractivity contribution in [2.75, 3.05) is 13.7 Å². The molecule has 1 heterocycles. The molecular formula is C20H26N2O4. The summed E-state index contributed by atoms with van der Waals surface area (Å²) in [6, 6.07) is 8.92. The van der Waals surface area contributed by atoms with Gasteiger partial charge >= 0.3 is 0 Å². The van der Waals surface area contributed by atoms with Gasteiger partial charge in [0.1, 0.15) is 5.75 Å². The van der Waals surface area contributed by atoms with E-state index in [-0.39, 0.29) is 35.7 Å². The Labute approximate surface area is 153 Å². The summed E-state index contributed by atoms with van der Waals surface area (Å²) in [5.41, 5.74) is 1.58. The zero-order valence-corrected chi connectivity index (χ0v) is 15.9. The number of aromatic nitrogens is 1. The lowest BCUT2D eigenvalue weighted by molar-refractivity contribution is -0.124. The molecule has 0 unspecified atom stereocenters. The number of ether oxygens (including phenoxy) is 2. The molecule has 0 radical (unpaired) electrons. The number of carbonyl (C=O) groups is 1. The molecule has 0 aliphatic carbocycles. The third-order valence-electron chi connectivity index (χ3n) is 4.27. The quantitative estimate of drug-likeness (QED) is 0.826. The minimum absolute atomic E-state index is 0.155. The maximum Gasteiger partial charge on any atom is 0.258 e. The molecule has 0 aliphatic rings. The predicted molar refractivity (Wildman–Crippen MR) is 101 cm³/mol. The second kappa shape index (κ2) is 8.56. The van der Waals surface area contributed by atoms with Gasteiger partial charge in [0.05, 0.1) is 13.2 Å². The van der Waals surface area contributed by atoms with Crippen molar-refractivity contribution in [1.29, 1.82) is 0 Å². The molecular weight excluding hydrogens is 332 g/mol. The summed E-state index contributed by atoms with van der Waals surface area (Å²) in [6.07, 6.45) is 1.59. The number of methoxy groups -OCH3 is 1. The minimum Gasteiger partial charge on any atom is -0.497 e. The van der Waals surface area contributed by atoms with Crippen LogP contribution in [0.4, 0.5) is 0 Å². The van der Waals surface area contributed by atoms with Gasteiger partial charge in [0, 0.05) is 25.0 Å². The van der Waals surface area contributed by atoms with Crippen LogP contribution in [0.5, 0.6) is 11.5 Å². The van der Waals surface area contributed by atoms with E-state index < -0.39 is 0 Å². The van der Waals surface area contributed by atoms with Gasteiger partial charge in [0.15, 0.2) is 12.4 Å². The first-order valence-electron chi connectivity index (χ1n) is 8.55. The first-order chi connectivity index (χ1) is 12.3. The molecule has 0 bridgehead atoms. The number of pyridine rings is 1. The minimum atomic E-state index is -0.276. The van der Waals surface area contributed by atoms with E-state index in [2.05, 4.69) is 5.32 Å². The summed E-state index contributed by atoms with van der Waals surface area (Å²) in [7, 11) is 3.43. The predicted octanol–water partition coefficient (Wildman–Crippen LogP) is 2.59. The Morgan fingerprint density at radius 3 is 2.46 bits per heavy atom. The fraction of sp³-hybridized carbons (Fsp3) is 0.400. The second-order valence-corrected chi connectivity index (χ2v) is 6.61. The van der Waals surface area contributed by atoms with Crippen LogP contribution >= 0.6 is 0 Å². The van der Waals surface area contributed by atoms with Crippen molar-refractivity contribution < 1.29 is 14.3 Å². The molecule has 2 rings (SSSR count). The summed E-state index contributed by atoms with van der Waals surface area (Å²) < 4.78 is 12.4. The zero-order valence-electron chi connectivity index (χ0n) is 15.9. The summed E-state index contributed by atoms with van der Waals surface area (Å²) in [5, 5.41) is 2.97. The third-order valence-corrected chi connectivity index (χ3v) is 4.27. The number of aryl methyl sites for hydroxylation is 2. The number of hydrogen-bond donors (Lipinski definition) is 1. The van der Waals surface area contributed by atoms with Crippen LogP contribution in [0.2, 0.25) is 0 Å². The van der Waals surface area contributed by atoms with Crippen molar-refractivity contribution in [1.82, 2.24) is 9.88 Å². The maximum absolute atomic E-state index is 12.3. The number of rotatable bonds is 7. The van der Waals surface area contributed by atoms with E-state index in [9.17, 15) is 9.59 Å². The molecule has 0 fully saturated rings. The smallest absolute Gasteiger partial charge is 0.258 e. The van der Waals surface area contributed by atoms with Gasteiger partial charge in [-0.05, 0) is 30.5 Å². The molecule has 26 heavy (non-hydrogen) atoms. The van der Waals surface area contributed by atoms with E-state index >= 15 is 0 Å². The molecule has 1 aromatic carbocycles. The molecule has 140 valence electrons. The average molecular weight is 358 g/mol. The molecule has 6 heteroatoms. The van der Waals surface area contributed by atoms with Crippen molar-refractivity contribution in [3.05, 3.63) is 58.0 Å². The Balaban J connectivity index is 2.04. The van der Waals surface area contributed by atoms with E-state index in [4.69, 9.17) is 9.47 Å². The van der Waals surface area contributed by atoms with Gasteiger partial charge in [-0.15, -0.1) is 0 Å². The number of nitrogens with one attached hydrogen (secondary N) is 1. The van der Waals surface area contributed by atoms with E-state index in [0.717, 1.165) is 17.0 Å². The molecule has 1 N–H and O–H groups in total. The van der Waals surface area contributed by atoms with Crippen LogP contribution in [0.1, 0.15) is 31.1 Å². The highest BCUT2D eigenvalue weighted by Crippen LogP contribution is 2.23. The molecule has 0 aliphatic heterocycles. The fourth-order valence-corrected chi connectivity index (χ4v) is 2.62. The molecule has 0 spiro atoms. The van der Waals surface area contributed by atoms with Crippen LogP contribution in [0.25, 0.3) is 0 Å². The van der Waals surface area contributed by atoms with Crippen LogP contribution in [0, 0.1) is 12.8 Å². The maximum atomic E-state index is 12.3. The Kier molecular flexibility index (Phi) is 6.44. The van der Waals surface area contributed by atoms with Gasteiger partial charge in [-0.1, -0.05) is 26.0 Å². The second-order valence-electron chi connectivity index (χ2n) is 6.61. The van der Waals surface area contributed by atoms with Gasteiger partial charge in [-0.2, -0.15) is 0 Å². The highest BCUT2D eigenvalue weighted by atomic mass is 16.5. The van der Waals surface area contributed by atoms with Gasteiger partial charge < -0.3 is 19.4 Å².